The zero-order valence-electron chi connectivity index (χ0n) is 11.1. The van der Waals surface area contributed by atoms with E-state index in [0.717, 1.165) is 12.0 Å². The molecule has 0 saturated heterocycles. The molecule has 0 spiro atoms. The van der Waals surface area contributed by atoms with Crippen LogP contribution in [0.3, 0.4) is 0 Å². The minimum absolute atomic E-state index is 0.130. The van der Waals surface area contributed by atoms with Gasteiger partial charge in [0.1, 0.15) is 0 Å². The topological polar surface area (TPSA) is 52.3 Å². The lowest BCUT2D eigenvalue weighted by atomic mass is 9.73. The first-order valence-electron chi connectivity index (χ1n) is 6.02. The van der Waals surface area contributed by atoms with E-state index in [-0.39, 0.29) is 18.4 Å². The Morgan fingerprint density at radius 2 is 2.22 bits per heavy atom. The Hall–Kier alpha value is -1.06. The Labute approximate surface area is 113 Å². The SMILES string of the molecule is CCC(N)C(C)(CC(=O)OC)c1cccc(Cl)c1. The van der Waals surface area contributed by atoms with Crippen molar-refractivity contribution in [1.82, 2.24) is 0 Å². The number of benzene rings is 1. The minimum atomic E-state index is -0.466. The van der Waals surface area contributed by atoms with Crippen LogP contribution in [0, 0.1) is 0 Å². The van der Waals surface area contributed by atoms with E-state index >= 15 is 0 Å². The van der Waals surface area contributed by atoms with E-state index in [4.69, 9.17) is 22.1 Å². The van der Waals surface area contributed by atoms with Gasteiger partial charge in [-0.1, -0.05) is 37.6 Å². The van der Waals surface area contributed by atoms with E-state index in [1.54, 1.807) is 6.07 Å². The fourth-order valence-corrected chi connectivity index (χ4v) is 2.30. The molecule has 18 heavy (non-hydrogen) atoms. The van der Waals surface area contributed by atoms with E-state index in [1.807, 2.05) is 32.0 Å². The monoisotopic (exact) mass is 269 g/mol. The van der Waals surface area contributed by atoms with Crippen LogP contribution in [0.5, 0.6) is 0 Å². The lowest BCUT2D eigenvalue weighted by Crippen LogP contribution is -2.44. The van der Waals surface area contributed by atoms with Crippen molar-refractivity contribution < 1.29 is 9.53 Å². The Bertz CT molecular complexity index is 422. The highest BCUT2D eigenvalue weighted by molar-refractivity contribution is 6.30. The van der Waals surface area contributed by atoms with Gasteiger partial charge >= 0.3 is 5.97 Å². The second kappa shape index (κ2) is 6.21. The number of methoxy groups -OCH3 is 1. The quantitative estimate of drug-likeness (QED) is 0.837. The van der Waals surface area contributed by atoms with E-state index < -0.39 is 5.41 Å². The van der Waals surface area contributed by atoms with Crippen LogP contribution in [0.4, 0.5) is 0 Å². The predicted molar refractivity (Wildman–Crippen MR) is 73.7 cm³/mol. The van der Waals surface area contributed by atoms with Crippen molar-refractivity contribution in [3.8, 4) is 0 Å². The third-order valence-electron chi connectivity index (χ3n) is 3.48. The summed E-state index contributed by atoms with van der Waals surface area (Å²) >= 11 is 6.01. The van der Waals surface area contributed by atoms with Gasteiger partial charge in [-0.15, -0.1) is 0 Å². The van der Waals surface area contributed by atoms with Crippen molar-refractivity contribution in [3.05, 3.63) is 34.9 Å². The maximum atomic E-state index is 11.6. The maximum Gasteiger partial charge on any atom is 0.306 e. The van der Waals surface area contributed by atoms with Crippen LogP contribution in [-0.2, 0) is 14.9 Å². The molecule has 2 N–H and O–H groups in total. The van der Waals surface area contributed by atoms with E-state index in [0.29, 0.717) is 5.02 Å². The molecule has 1 rings (SSSR count). The lowest BCUT2D eigenvalue weighted by molar-refractivity contribution is -0.142. The summed E-state index contributed by atoms with van der Waals surface area (Å²) in [4.78, 5) is 11.6. The summed E-state index contributed by atoms with van der Waals surface area (Å²) in [5.41, 5.74) is 6.69. The molecule has 2 unspecified atom stereocenters. The number of carbonyl (C=O) groups excluding carboxylic acids is 1. The molecule has 0 saturated carbocycles. The van der Waals surface area contributed by atoms with Crippen molar-refractivity contribution in [2.75, 3.05) is 7.11 Å². The van der Waals surface area contributed by atoms with Gasteiger partial charge in [0.25, 0.3) is 0 Å². The summed E-state index contributed by atoms with van der Waals surface area (Å²) in [6.07, 6.45) is 1.03. The van der Waals surface area contributed by atoms with Gasteiger partial charge in [-0.3, -0.25) is 4.79 Å². The highest BCUT2D eigenvalue weighted by atomic mass is 35.5. The van der Waals surface area contributed by atoms with E-state index in [9.17, 15) is 4.79 Å². The standard InChI is InChI=1S/C14H20ClNO2/c1-4-12(16)14(2,9-13(17)18-3)10-6-5-7-11(15)8-10/h5-8,12H,4,9,16H2,1-3H3. The highest BCUT2D eigenvalue weighted by Gasteiger charge is 2.35. The number of hydrogen-bond acceptors (Lipinski definition) is 3. The first kappa shape index (κ1) is 15.0. The van der Waals surface area contributed by atoms with Gasteiger partial charge < -0.3 is 10.5 Å². The molecule has 1 aromatic carbocycles. The molecule has 4 heteroatoms. The van der Waals surface area contributed by atoms with Gasteiger partial charge in [0.15, 0.2) is 0 Å². The zero-order chi connectivity index (χ0) is 13.8. The molecule has 0 aromatic heterocycles. The van der Waals surface area contributed by atoms with Crippen molar-refractivity contribution >= 4 is 17.6 Å². The molecule has 3 nitrogen and oxygen atoms in total. The largest absolute Gasteiger partial charge is 0.469 e. The van der Waals surface area contributed by atoms with Gasteiger partial charge in [-0.05, 0) is 24.1 Å². The smallest absolute Gasteiger partial charge is 0.306 e. The minimum Gasteiger partial charge on any atom is -0.469 e. The van der Waals surface area contributed by atoms with Gasteiger partial charge in [0.05, 0.1) is 13.5 Å². The van der Waals surface area contributed by atoms with Crippen molar-refractivity contribution in [3.63, 3.8) is 0 Å². The average Bonchev–Trinajstić information content (AvgIpc) is 2.37. The van der Waals surface area contributed by atoms with E-state index in [1.165, 1.54) is 7.11 Å². The molecule has 0 amide bonds. The molecule has 0 aliphatic rings. The highest BCUT2D eigenvalue weighted by Crippen LogP contribution is 2.33. The third kappa shape index (κ3) is 3.24. The fraction of sp³-hybridized carbons (Fsp3) is 0.500. The van der Waals surface area contributed by atoms with Crippen molar-refractivity contribution in [2.24, 2.45) is 5.73 Å². The van der Waals surface area contributed by atoms with Crippen LogP contribution < -0.4 is 5.73 Å². The molecule has 0 bridgehead atoms. The fourth-order valence-electron chi connectivity index (χ4n) is 2.11. The normalized spacial score (nSPS) is 15.8. The summed E-state index contributed by atoms with van der Waals surface area (Å²) in [6, 6.07) is 7.36. The first-order valence-corrected chi connectivity index (χ1v) is 6.40. The second-order valence-electron chi connectivity index (χ2n) is 4.70. The first-order chi connectivity index (χ1) is 8.43. The number of nitrogens with two attached hydrogens (primary N) is 1. The predicted octanol–water partition coefficient (Wildman–Crippen LogP) is 2.90. The molecule has 0 aliphatic heterocycles. The van der Waals surface area contributed by atoms with Crippen LogP contribution in [0.25, 0.3) is 0 Å². The van der Waals surface area contributed by atoms with E-state index in [2.05, 4.69) is 0 Å². The molecule has 2 atom stereocenters. The van der Waals surface area contributed by atoms with Gasteiger partial charge in [-0.2, -0.15) is 0 Å². The zero-order valence-corrected chi connectivity index (χ0v) is 11.8. The second-order valence-corrected chi connectivity index (χ2v) is 5.13. The summed E-state index contributed by atoms with van der Waals surface area (Å²) in [6.45, 7) is 3.98. The number of esters is 1. The lowest BCUT2D eigenvalue weighted by Gasteiger charge is -2.35. The maximum absolute atomic E-state index is 11.6. The summed E-state index contributed by atoms with van der Waals surface area (Å²) in [5, 5.41) is 0.645. The molecule has 100 valence electrons. The Morgan fingerprint density at radius 3 is 2.72 bits per heavy atom. The molecule has 1 aromatic rings. The third-order valence-corrected chi connectivity index (χ3v) is 3.72. The molecule has 0 heterocycles. The molecular weight excluding hydrogens is 250 g/mol. The molecule has 0 aliphatic carbocycles. The molecule has 0 fully saturated rings. The molecular formula is C14H20ClNO2. The van der Waals surface area contributed by atoms with Crippen LogP contribution in [0.1, 0.15) is 32.3 Å². The summed E-state index contributed by atoms with van der Waals surface area (Å²) < 4.78 is 4.76. The number of halogens is 1. The Balaban J connectivity index is 3.15. The van der Waals surface area contributed by atoms with Gasteiger partial charge in [0.2, 0.25) is 0 Å². The van der Waals surface area contributed by atoms with Crippen LogP contribution in [0.15, 0.2) is 24.3 Å². The Morgan fingerprint density at radius 1 is 1.56 bits per heavy atom. The number of hydrogen-bond donors (Lipinski definition) is 1. The van der Waals surface area contributed by atoms with Gasteiger partial charge in [-0.25, -0.2) is 0 Å². The number of ether oxygens (including phenoxy) is 1. The van der Waals surface area contributed by atoms with Crippen LogP contribution >= 0.6 is 11.6 Å². The summed E-state index contributed by atoms with van der Waals surface area (Å²) in [7, 11) is 1.39. The van der Waals surface area contributed by atoms with Crippen LogP contribution in [-0.4, -0.2) is 19.1 Å². The van der Waals surface area contributed by atoms with Crippen LogP contribution in [0.2, 0.25) is 5.02 Å². The van der Waals surface area contributed by atoms with Crippen molar-refractivity contribution in [1.29, 1.82) is 0 Å². The summed E-state index contributed by atoms with van der Waals surface area (Å²) in [5.74, 6) is -0.263. The number of carbonyl (C=O) groups is 1. The molecule has 0 radical (unpaired) electrons. The number of rotatable bonds is 5. The Kier molecular flexibility index (Phi) is 5.17. The van der Waals surface area contributed by atoms with Crippen molar-refractivity contribution in [2.45, 2.75) is 38.1 Å². The average molecular weight is 270 g/mol. The van der Waals surface area contributed by atoms with Gasteiger partial charge in [0, 0.05) is 16.5 Å².